The number of nitrogens with zero attached hydrogens (tertiary/aromatic N) is 3. The molecule has 0 spiro atoms. The van der Waals surface area contributed by atoms with Gasteiger partial charge in [0.2, 0.25) is 0 Å². The first-order chi connectivity index (χ1) is 13.7. The minimum absolute atomic E-state index is 0.0826. The summed E-state index contributed by atoms with van der Waals surface area (Å²) in [5, 5.41) is 5.43. The fourth-order valence-corrected chi connectivity index (χ4v) is 4.09. The zero-order valence-electron chi connectivity index (χ0n) is 15.8. The molecule has 1 atom stereocenters. The predicted octanol–water partition coefficient (Wildman–Crippen LogP) is 3.59. The van der Waals surface area contributed by atoms with Gasteiger partial charge in [0, 0.05) is 42.8 Å². The van der Waals surface area contributed by atoms with E-state index < -0.39 is 0 Å². The van der Waals surface area contributed by atoms with Crippen molar-refractivity contribution in [3.8, 4) is 11.4 Å². The molecule has 1 aliphatic heterocycles. The SMILES string of the molecule is C[C@H]1CN(C(=O)c2cn3c(-c4ccccc4)ncc3c3ccccc23)CCN1. The molecule has 1 fully saturated rings. The molecule has 1 N–H and O–H groups in total. The van der Waals surface area contributed by atoms with Crippen LogP contribution in [0.5, 0.6) is 0 Å². The van der Waals surface area contributed by atoms with E-state index in [9.17, 15) is 4.79 Å². The summed E-state index contributed by atoms with van der Waals surface area (Å²) < 4.78 is 2.05. The molecule has 5 nitrogen and oxygen atoms in total. The Balaban J connectivity index is 1.72. The quantitative estimate of drug-likeness (QED) is 0.587. The van der Waals surface area contributed by atoms with E-state index in [-0.39, 0.29) is 5.91 Å². The average molecular weight is 370 g/mol. The highest BCUT2D eigenvalue weighted by Crippen LogP contribution is 2.29. The van der Waals surface area contributed by atoms with Crippen molar-refractivity contribution in [3.63, 3.8) is 0 Å². The molecule has 140 valence electrons. The highest BCUT2D eigenvalue weighted by molar-refractivity contribution is 6.11. The molecule has 0 saturated carbocycles. The van der Waals surface area contributed by atoms with Gasteiger partial charge in [-0.05, 0) is 12.3 Å². The third-order valence-electron chi connectivity index (χ3n) is 5.47. The molecule has 1 amide bonds. The standard InChI is InChI=1S/C23H22N4O/c1-16-14-26(12-11-24-16)23(28)20-15-27-21(19-10-6-5-9-18(19)20)13-25-22(27)17-7-3-2-4-8-17/h2-10,13,15-16,24H,11-12,14H2,1H3/t16-/m0/s1. The number of rotatable bonds is 2. The van der Waals surface area contributed by atoms with Gasteiger partial charge in [-0.1, -0.05) is 54.6 Å². The van der Waals surface area contributed by atoms with Crippen LogP contribution in [0.25, 0.3) is 27.7 Å². The van der Waals surface area contributed by atoms with Crippen molar-refractivity contribution < 1.29 is 4.79 Å². The van der Waals surface area contributed by atoms with Crippen LogP contribution in [0.1, 0.15) is 17.3 Å². The Hall–Kier alpha value is -3.18. The summed E-state index contributed by atoms with van der Waals surface area (Å²) in [6, 6.07) is 18.5. The smallest absolute Gasteiger partial charge is 0.256 e. The second-order valence-electron chi connectivity index (χ2n) is 7.40. The van der Waals surface area contributed by atoms with E-state index in [4.69, 9.17) is 0 Å². The van der Waals surface area contributed by atoms with Crippen LogP contribution in [0.3, 0.4) is 0 Å². The molecule has 2 aromatic carbocycles. The number of nitrogens with one attached hydrogen (secondary N) is 1. The van der Waals surface area contributed by atoms with Gasteiger partial charge in [-0.3, -0.25) is 9.20 Å². The number of pyridine rings is 1. The van der Waals surface area contributed by atoms with Crippen molar-refractivity contribution in [1.82, 2.24) is 19.6 Å². The highest BCUT2D eigenvalue weighted by atomic mass is 16.2. The van der Waals surface area contributed by atoms with Crippen molar-refractivity contribution in [2.75, 3.05) is 19.6 Å². The number of amides is 1. The summed E-state index contributed by atoms with van der Waals surface area (Å²) in [5.41, 5.74) is 2.78. The van der Waals surface area contributed by atoms with Crippen LogP contribution in [0.15, 0.2) is 67.0 Å². The van der Waals surface area contributed by atoms with E-state index in [2.05, 4.69) is 27.7 Å². The van der Waals surface area contributed by atoms with Crippen LogP contribution < -0.4 is 5.32 Å². The third-order valence-corrected chi connectivity index (χ3v) is 5.47. The molecular formula is C23H22N4O. The monoisotopic (exact) mass is 370 g/mol. The van der Waals surface area contributed by atoms with Gasteiger partial charge < -0.3 is 10.2 Å². The molecule has 3 heterocycles. The maximum atomic E-state index is 13.4. The summed E-state index contributed by atoms with van der Waals surface area (Å²) >= 11 is 0. The number of aromatic nitrogens is 2. The summed E-state index contributed by atoms with van der Waals surface area (Å²) in [6.45, 7) is 4.39. The molecule has 0 aliphatic carbocycles. The van der Waals surface area contributed by atoms with E-state index in [1.54, 1.807) is 0 Å². The van der Waals surface area contributed by atoms with Crippen LogP contribution >= 0.6 is 0 Å². The van der Waals surface area contributed by atoms with Crippen molar-refractivity contribution in [2.24, 2.45) is 0 Å². The Kier molecular flexibility index (Phi) is 4.10. The zero-order chi connectivity index (χ0) is 19.1. The Morgan fingerprint density at radius 1 is 1.07 bits per heavy atom. The number of carbonyl (C=O) groups excluding carboxylic acids is 1. The van der Waals surface area contributed by atoms with Gasteiger partial charge in [0.1, 0.15) is 5.82 Å². The van der Waals surface area contributed by atoms with Crippen molar-refractivity contribution >= 4 is 22.2 Å². The number of hydrogen-bond donors (Lipinski definition) is 1. The average Bonchev–Trinajstić information content (AvgIpc) is 3.17. The van der Waals surface area contributed by atoms with Crippen LogP contribution in [0.4, 0.5) is 0 Å². The Morgan fingerprint density at radius 3 is 2.61 bits per heavy atom. The summed E-state index contributed by atoms with van der Waals surface area (Å²) in [4.78, 5) is 20.1. The number of imidazole rings is 1. The van der Waals surface area contributed by atoms with E-state index in [1.165, 1.54) is 0 Å². The first-order valence-electron chi connectivity index (χ1n) is 9.69. The summed E-state index contributed by atoms with van der Waals surface area (Å²) in [7, 11) is 0. The molecule has 1 saturated heterocycles. The lowest BCUT2D eigenvalue weighted by atomic mass is 10.0. The summed E-state index contributed by atoms with van der Waals surface area (Å²) in [5.74, 6) is 0.934. The Morgan fingerprint density at radius 2 is 1.82 bits per heavy atom. The van der Waals surface area contributed by atoms with Crippen LogP contribution in [0.2, 0.25) is 0 Å². The van der Waals surface area contributed by atoms with Crippen molar-refractivity contribution in [2.45, 2.75) is 13.0 Å². The molecule has 5 heteroatoms. The Bertz CT molecular complexity index is 1170. The van der Waals surface area contributed by atoms with Crippen molar-refractivity contribution in [3.05, 3.63) is 72.6 Å². The van der Waals surface area contributed by atoms with E-state index in [0.29, 0.717) is 6.04 Å². The van der Waals surface area contributed by atoms with Gasteiger partial charge in [-0.2, -0.15) is 0 Å². The fourth-order valence-electron chi connectivity index (χ4n) is 4.09. The fraction of sp³-hybridized carbons (Fsp3) is 0.217. The lowest BCUT2D eigenvalue weighted by Crippen LogP contribution is -2.51. The third kappa shape index (κ3) is 2.75. The van der Waals surface area contributed by atoms with E-state index in [1.807, 2.05) is 65.8 Å². The van der Waals surface area contributed by atoms with E-state index in [0.717, 1.165) is 52.9 Å². The largest absolute Gasteiger partial charge is 0.336 e. The number of fused-ring (bicyclic) bond motifs is 3. The highest BCUT2D eigenvalue weighted by Gasteiger charge is 2.24. The molecule has 0 unspecified atom stereocenters. The molecular weight excluding hydrogens is 348 g/mol. The zero-order valence-corrected chi connectivity index (χ0v) is 15.8. The number of piperazine rings is 1. The molecule has 1 aliphatic rings. The van der Waals surface area contributed by atoms with Crippen LogP contribution in [0, 0.1) is 0 Å². The van der Waals surface area contributed by atoms with Crippen LogP contribution in [-0.4, -0.2) is 45.9 Å². The molecule has 2 aromatic heterocycles. The lowest BCUT2D eigenvalue weighted by molar-refractivity contribution is 0.0710. The van der Waals surface area contributed by atoms with Gasteiger partial charge in [0.15, 0.2) is 0 Å². The minimum Gasteiger partial charge on any atom is -0.336 e. The predicted molar refractivity (Wildman–Crippen MR) is 112 cm³/mol. The topological polar surface area (TPSA) is 49.6 Å². The van der Waals surface area contributed by atoms with Gasteiger partial charge in [-0.15, -0.1) is 0 Å². The van der Waals surface area contributed by atoms with Gasteiger partial charge in [0.25, 0.3) is 5.91 Å². The first kappa shape index (κ1) is 17.0. The van der Waals surface area contributed by atoms with Gasteiger partial charge in [0.05, 0.1) is 17.3 Å². The molecule has 0 radical (unpaired) electrons. The van der Waals surface area contributed by atoms with Gasteiger partial charge in [-0.25, -0.2) is 4.98 Å². The normalized spacial score (nSPS) is 17.3. The van der Waals surface area contributed by atoms with Crippen molar-refractivity contribution in [1.29, 1.82) is 0 Å². The van der Waals surface area contributed by atoms with Crippen LogP contribution in [-0.2, 0) is 0 Å². The second-order valence-corrected chi connectivity index (χ2v) is 7.40. The maximum absolute atomic E-state index is 13.4. The number of benzene rings is 2. The summed E-state index contributed by atoms with van der Waals surface area (Å²) in [6.07, 6.45) is 3.86. The van der Waals surface area contributed by atoms with Gasteiger partial charge >= 0.3 is 0 Å². The molecule has 28 heavy (non-hydrogen) atoms. The minimum atomic E-state index is 0.0826. The maximum Gasteiger partial charge on any atom is 0.256 e. The Labute approximate surface area is 163 Å². The molecule has 0 bridgehead atoms. The first-order valence-corrected chi connectivity index (χ1v) is 9.69. The molecule has 5 rings (SSSR count). The number of carbonyl (C=O) groups is 1. The number of hydrogen-bond acceptors (Lipinski definition) is 3. The lowest BCUT2D eigenvalue weighted by Gasteiger charge is -2.32. The second kappa shape index (κ2) is 6.77. The molecule has 4 aromatic rings. The van der Waals surface area contributed by atoms with E-state index >= 15 is 0 Å².